The largest absolute Gasteiger partial charge is 0.454 e. The van der Waals surface area contributed by atoms with Crippen molar-refractivity contribution in [2.24, 2.45) is 0 Å². The number of nitrogens with zero attached hydrogens (tertiary/aromatic N) is 3. The molecular weight excluding hydrogens is 450 g/mol. The zero-order valence-corrected chi connectivity index (χ0v) is 19.8. The molecule has 1 saturated carbocycles. The van der Waals surface area contributed by atoms with Gasteiger partial charge in [0.05, 0.1) is 35.0 Å². The molecule has 0 atom stereocenters. The van der Waals surface area contributed by atoms with Crippen molar-refractivity contribution in [3.05, 3.63) is 61.2 Å². The minimum Gasteiger partial charge on any atom is -0.454 e. The van der Waals surface area contributed by atoms with Crippen molar-refractivity contribution in [2.75, 3.05) is 16.2 Å². The van der Waals surface area contributed by atoms with Gasteiger partial charge in [-0.2, -0.15) is 0 Å². The highest BCUT2D eigenvalue weighted by molar-refractivity contribution is 7.92. The van der Waals surface area contributed by atoms with Crippen LogP contribution in [0.3, 0.4) is 0 Å². The number of nitrogen functional groups attached to an aromatic ring is 1. The standard InChI is InChI=1S/C25H27N5O3S/c1-2-12-34(31,32)29-18-8-6-17(7-9-18)25-24(26)22-11-10-20(33-21-14-27-16-28-15-21)13-23(22)30(25)19-4-3-5-19/h6-11,13-16,19,29H,2-5,12,26H2,1H3. The maximum atomic E-state index is 12.1. The fourth-order valence-corrected chi connectivity index (χ4v) is 5.50. The summed E-state index contributed by atoms with van der Waals surface area (Å²) in [6.07, 6.45) is 8.63. The molecule has 1 fully saturated rings. The molecule has 2 aromatic heterocycles. The Balaban J connectivity index is 1.54. The summed E-state index contributed by atoms with van der Waals surface area (Å²) in [5.74, 6) is 1.35. The lowest BCUT2D eigenvalue weighted by atomic mass is 9.92. The summed E-state index contributed by atoms with van der Waals surface area (Å²) in [4.78, 5) is 8.01. The topological polar surface area (TPSA) is 112 Å². The van der Waals surface area contributed by atoms with E-state index in [-0.39, 0.29) is 5.75 Å². The average Bonchev–Trinajstić information content (AvgIpc) is 3.05. The van der Waals surface area contributed by atoms with Gasteiger partial charge in [-0.25, -0.2) is 18.4 Å². The van der Waals surface area contributed by atoms with Gasteiger partial charge >= 0.3 is 0 Å². The lowest BCUT2D eigenvalue weighted by Gasteiger charge is -2.30. The van der Waals surface area contributed by atoms with Crippen LogP contribution in [-0.2, 0) is 10.0 Å². The molecule has 0 unspecified atom stereocenters. The number of rotatable bonds is 8. The highest BCUT2D eigenvalue weighted by Gasteiger charge is 2.27. The van der Waals surface area contributed by atoms with Gasteiger partial charge in [-0.05, 0) is 49.9 Å². The number of ether oxygens (including phenoxy) is 1. The molecule has 4 aromatic rings. The molecule has 176 valence electrons. The van der Waals surface area contributed by atoms with Crippen molar-refractivity contribution in [1.29, 1.82) is 0 Å². The zero-order chi connectivity index (χ0) is 23.7. The van der Waals surface area contributed by atoms with Gasteiger partial charge in [0.1, 0.15) is 12.1 Å². The summed E-state index contributed by atoms with van der Waals surface area (Å²) in [6.45, 7) is 1.84. The third kappa shape index (κ3) is 4.31. The minimum absolute atomic E-state index is 0.0944. The summed E-state index contributed by atoms with van der Waals surface area (Å²) in [7, 11) is -3.34. The predicted molar refractivity (Wildman–Crippen MR) is 134 cm³/mol. The monoisotopic (exact) mass is 477 g/mol. The lowest BCUT2D eigenvalue weighted by Crippen LogP contribution is -2.18. The molecule has 5 rings (SSSR count). The molecular formula is C25H27N5O3S. The van der Waals surface area contributed by atoms with Crippen LogP contribution in [0.25, 0.3) is 22.2 Å². The van der Waals surface area contributed by atoms with E-state index in [9.17, 15) is 8.42 Å². The second-order valence-electron chi connectivity index (χ2n) is 8.57. The summed E-state index contributed by atoms with van der Waals surface area (Å²) >= 11 is 0. The number of aromatic nitrogens is 3. The molecule has 0 spiro atoms. The number of hydrogen-bond donors (Lipinski definition) is 2. The second-order valence-corrected chi connectivity index (χ2v) is 10.4. The Hall–Kier alpha value is -3.59. The van der Waals surface area contributed by atoms with Crippen LogP contribution in [0, 0.1) is 0 Å². The van der Waals surface area contributed by atoms with Crippen LogP contribution in [0.2, 0.25) is 0 Å². The van der Waals surface area contributed by atoms with Crippen LogP contribution >= 0.6 is 0 Å². The van der Waals surface area contributed by atoms with Crippen molar-refractivity contribution >= 4 is 32.3 Å². The number of benzene rings is 2. The number of anilines is 2. The Labute approximate surface area is 198 Å². The van der Waals surface area contributed by atoms with Gasteiger partial charge < -0.3 is 15.0 Å². The van der Waals surface area contributed by atoms with Gasteiger partial charge in [0.25, 0.3) is 0 Å². The minimum atomic E-state index is -3.34. The number of nitrogens with two attached hydrogens (primary N) is 1. The third-order valence-electron chi connectivity index (χ3n) is 6.13. The fourth-order valence-electron chi connectivity index (χ4n) is 4.37. The maximum absolute atomic E-state index is 12.1. The molecule has 0 saturated heterocycles. The summed E-state index contributed by atoms with van der Waals surface area (Å²) in [5, 5.41) is 0.964. The van der Waals surface area contributed by atoms with Gasteiger partial charge in [0, 0.05) is 28.7 Å². The Kier molecular flexibility index (Phi) is 5.87. The number of sulfonamides is 1. The van der Waals surface area contributed by atoms with Crippen LogP contribution < -0.4 is 15.2 Å². The van der Waals surface area contributed by atoms with Gasteiger partial charge in [-0.15, -0.1) is 0 Å². The van der Waals surface area contributed by atoms with E-state index in [0.717, 1.165) is 35.0 Å². The van der Waals surface area contributed by atoms with E-state index in [0.29, 0.717) is 35.3 Å². The first-order valence-electron chi connectivity index (χ1n) is 11.4. The van der Waals surface area contributed by atoms with Crippen LogP contribution in [-0.4, -0.2) is 28.7 Å². The van der Waals surface area contributed by atoms with Crippen LogP contribution in [0.5, 0.6) is 11.5 Å². The molecule has 34 heavy (non-hydrogen) atoms. The maximum Gasteiger partial charge on any atom is 0.232 e. The molecule has 9 heteroatoms. The number of fused-ring (bicyclic) bond motifs is 1. The molecule has 0 radical (unpaired) electrons. The van der Waals surface area contributed by atoms with E-state index < -0.39 is 10.0 Å². The molecule has 0 bridgehead atoms. The van der Waals surface area contributed by atoms with Crippen molar-refractivity contribution < 1.29 is 13.2 Å². The summed E-state index contributed by atoms with van der Waals surface area (Å²) < 4.78 is 35.2. The predicted octanol–water partition coefficient (Wildman–Crippen LogP) is 5.35. The normalized spacial score (nSPS) is 14.1. The quantitative estimate of drug-likeness (QED) is 0.354. The smallest absolute Gasteiger partial charge is 0.232 e. The molecule has 8 nitrogen and oxygen atoms in total. The van der Waals surface area contributed by atoms with Crippen LogP contribution in [0.1, 0.15) is 38.6 Å². The lowest BCUT2D eigenvalue weighted by molar-refractivity contribution is 0.324. The van der Waals surface area contributed by atoms with E-state index in [1.807, 2.05) is 37.3 Å². The number of hydrogen-bond acceptors (Lipinski definition) is 6. The zero-order valence-electron chi connectivity index (χ0n) is 18.9. The highest BCUT2D eigenvalue weighted by Crippen LogP contribution is 2.45. The first-order valence-corrected chi connectivity index (χ1v) is 13.1. The Morgan fingerprint density at radius 2 is 1.82 bits per heavy atom. The number of nitrogens with one attached hydrogen (secondary N) is 1. The van der Waals surface area contributed by atoms with E-state index in [2.05, 4.69) is 19.3 Å². The Morgan fingerprint density at radius 3 is 2.47 bits per heavy atom. The van der Waals surface area contributed by atoms with Gasteiger partial charge in [-0.1, -0.05) is 19.1 Å². The first kappa shape index (κ1) is 22.2. The van der Waals surface area contributed by atoms with Crippen molar-refractivity contribution in [2.45, 2.75) is 38.6 Å². The SMILES string of the molecule is CCCS(=O)(=O)Nc1ccc(-c2c(N)c3ccc(Oc4cncnc4)cc3n2C2CCC2)cc1. The molecule has 2 heterocycles. The summed E-state index contributed by atoms with van der Waals surface area (Å²) in [6, 6.07) is 13.6. The molecule has 1 aliphatic rings. The molecule has 1 aliphatic carbocycles. The molecule has 0 aliphatic heterocycles. The van der Waals surface area contributed by atoms with Crippen LogP contribution in [0.4, 0.5) is 11.4 Å². The van der Waals surface area contributed by atoms with Crippen LogP contribution in [0.15, 0.2) is 61.2 Å². The third-order valence-corrected chi connectivity index (χ3v) is 7.62. The van der Waals surface area contributed by atoms with Crippen molar-refractivity contribution in [3.8, 4) is 22.8 Å². The van der Waals surface area contributed by atoms with Crippen molar-refractivity contribution in [3.63, 3.8) is 0 Å². The first-order chi connectivity index (χ1) is 16.4. The fraction of sp³-hybridized carbons (Fsp3) is 0.280. The van der Waals surface area contributed by atoms with Gasteiger partial charge in [0.2, 0.25) is 10.0 Å². The van der Waals surface area contributed by atoms with E-state index in [4.69, 9.17) is 10.5 Å². The van der Waals surface area contributed by atoms with E-state index in [1.54, 1.807) is 24.5 Å². The molecule has 3 N–H and O–H groups in total. The van der Waals surface area contributed by atoms with Gasteiger partial charge in [-0.3, -0.25) is 4.72 Å². The highest BCUT2D eigenvalue weighted by atomic mass is 32.2. The molecule has 0 amide bonds. The Morgan fingerprint density at radius 1 is 1.09 bits per heavy atom. The van der Waals surface area contributed by atoms with E-state index >= 15 is 0 Å². The summed E-state index contributed by atoms with van der Waals surface area (Å²) in [5.41, 5.74) is 10.8. The second kappa shape index (κ2) is 8.98. The van der Waals surface area contributed by atoms with Gasteiger partial charge in [0.15, 0.2) is 5.75 Å². The van der Waals surface area contributed by atoms with E-state index in [1.165, 1.54) is 12.7 Å². The van der Waals surface area contributed by atoms with Crippen molar-refractivity contribution in [1.82, 2.24) is 14.5 Å². The average molecular weight is 478 g/mol. The Bertz CT molecular complexity index is 1410. The molecule has 2 aromatic carbocycles.